The van der Waals surface area contributed by atoms with Crippen LogP contribution in [-0.2, 0) is 0 Å². The third-order valence-corrected chi connectivity index (χ3v) is 4.84. The Morgan fingerprint density at radius 2 is 2.00 bits per heavy atom. The minimum absolute atomic E-state index is 0.615. The van der Waals surface area contributed by atoms with Crippen LogP contribution in [0.2, 0.25) is 0 Å². The Morgan fingerprint density at radius 1 is 1.19 bits per heavy atom. The standard InChI is InChI=1S/C17H12N2S2/c1-12-7-15(20-10-12)8-14(9-18)17-19-16(11-21-17)13-5-3-2-4-6-13/h2-8,10-11H,1H3. The van der Waals surface area contributed by atoms with Crippen molar-refractivity contribution in [1.82, 2.24) is 4.98 Å². The normalized spacial score (nSPS) is 11.3. The van der Waals surface area contributed by atoms with Crippen molar-refractivity contribution in [3.63, 3.8) is 0 Å². The van der Waals surface area contributed by atoms with Crippen LogP contribution in [0, 0.1) is 18.3 Å². The van der Waals surface area contributed by atoms with Crippen LogP contribution < -0.4 is 0 Å². The largest absolute Gasteiger partial charge is 0.235 e. The molecule has 2 heterocycles. The number of nitrogens with zero attached hydrogens (tertiary/aromatic N) is 2. The van der Waals surface area contributed by atoms with Crippen LogP contribution in [0.25, 0.3) is 22.9 Å². The molecule has 0 radical (unpaired) electrons. The number of rotatable bonds is 3. The van der Waals surface area contributed by atoms with Crippen molar-refractivity contribution in [3.8, 4) is 17.3 Å². The van der Waals surface area contributed by atoms with Crippen molar-refractivity contribution in [2.75, 3.05) is 0 Å². The van der Waals surface area contributed by atoms with E-state index in [-0.39, 0.29) is 0 Å². The number of hydrogen-bond acceptors (Lipinski definition) is 4. The third kappa shape index (κ3) is 3.10. The summed E-state index contributed by atoms with van der Waals surface area (Å²) in [6.07, 6.45) is 1.91. The smallest absolute Gasteiger partial charge is 0.134 e. The molecule has 2 nitrogen and oxygen atoms in total. The number of benzene rings is 1. The Kier molecular flexibility index (Phi) is 3.96. The second-order valence-electron chi connectivity index (χ2n) is 4.60. The van der Waals surface area contributed by atoms with E-state index in [0.29, 0.717) is 5.57 Å². The molecule has 0 aliphatic heterocycles. The monoisotopic (exact) mass is 308 g/mol. The zero-order valence-corrected chi connectivity index (χ0v) is 13.0. The summed E-state index contributed by atoms with van der Waals surface area (Å²) in [4.78, 5) is 5.67. The van der Waals surface area contributed by atoms with Gasteiger partial charge in [-0.1, -0.05) is 30.3 Å². The van der Waals surface area contributed by atoms with Crippen molar-refractivity contribution in [2.45, 2.75) is 6.92 Å². The molecule has 0 amide bonds. The number of hydrogen-bond donors (Lipinski definition) is 0. The van der Waals surface area contributed by atoms with Gasteiger partial charge in [-0.05, 0) is 30.0 Å². The molecule has 2 aromatic heterocycles. The lowest BCUT2D eigenvalue weighted by Crippen LogP contribution is -1.81. The van der Waals surface area contributed by atoms with Crippen molar-refractivity contribution in [1.29, 1.82) is 5.26 Å². The first-order chi connectivity index (χ1) is 10.3. The van der Waals surface area contributed by atoms with Crippen LogP contribution in [0.3, 0.4) is 0 Å². The highest BCUT2D eigenvalue weighted by Crippen LogP contribution is 2.28. The first-order valence-electron chi connectivity index (χ1n) is 6.44. The fourth-order valence-electron chi connectivity index (χ4n) is 1.95. The fourth-order valence-corrected chi connectivity index (χ4v) is 3.58. The summed E-state index contributed by atoms with van der Waals surface area (Å²) in [5.41, 5.74) is 3.82. The van der Waals surface area contributed by atoms with E-state index >= 15 is 0 Å². The van der Waals surface area contributed by atoms with E-state index in [0.717, 1.165) is 21.1 Å². The Labute approximate surface area is 131 Å². The van der Waals surface area contributed by atoms with Gasteiger partial charge in [0.15, 0.2) is 0 Å². The van der Waals surface area contributed by atoms with Gasteiger partial charge in [-0.15, -0.1) is 22.7 Å². The first kappa shape index (κ1) is 13.7. The van der Waals surface area contributed by atoms with Gasteiger partial charge in [-0.25, -0.2) is 4.98 Å². The van der Waals surface area contributed by atoms with Gasteiger partial charge in [0.1, 0.15) is 11.1 Å². The molecule has 0 atom stereocenters. The van der Waals surface area contributed by atoms with Crippen molar-refractivity contribution >= 4 is 34.3 Å². The van der Waals surface area contributed by atoms with Crippen molar-refractivity contribution in [2.24, 2.45) is 0 Å². The Hall–Kier alpha value is -2.22. The van der Waals surface area contributed by atoms with Gasteiger partial charge >= 0.3 is 0 Å². The molecule has 21 heavy (non-hydrogen) atoms. The average Bonchev–Trinajstić information content (AvgIpc) is 3.15. The molecular formula is C17H12N2S2. The van der Waals surface area contributed by atoms with Crippen molar-refractivity contribution in [3.05, 3.63) is 62.6 Å². The summed E-state index contributed by atoms with van der Waals surface area (Å²) in [5.74, 6) is 0. The molecule has 0 fully saturated rings. The number of aryl methyl sites for hydroxylation is 1. The van der Waals surface area contributed by atoms with Crippen LogP contribution in [0.15, 0.2) is 47.2 Å². The maximum absolute atomic E-state index is 9.38. The summed E-state index contributed by atoms with van der Waals surface area (Å²) in [6, 6.07) is 14.3. The lowest BCUT2D eigenvalue weighted by Gasteiger charge is -1.95. The zero-order chi connectivity index (χ0) is 14.7. The van der Waals surface area contributed by atoms with Crippen LogP contribution in [0.4, 0.5) is 0 Å². The molecule has 0 saturated heterocycles. The van der Waals surface area contributed by atoms with E-state index in [9.17, 15) is 5.26 Å². The molecule has 102 valence electrons. The van der Waals surface area contributed by atoms with E-state index in [1.165, 1.54) is 16.9 Å². The van der Waals surface area contributed by atoms with Gasteiger partial charge < -0.3 is 0 Å². The van der Waals surface area contributed by atoms with Gasteiger partial charge in [-0.3, -0.25) is 0 Å². The van der Waals surface area contributed by atoms with Gasteiger partial charge in [-0.2, -0.15) is 5.26 Å². The maximum atomic E-state index is 9.38. The number of thiophene rings is 1. The molecule has 0 aliphatic carbocycles. The second-order valence-corrected chi connectivity index (χ2v) is 6.40. The topological polar surface area (TPSA) is 36.7 Å². The lowest BCUT2D eigenvalue weighted by molar-refractivity contribution is 1.37. The van der Waals surface area contributed by atoms with Gasteiger partial charge in [0.2, 0.25) is 0 Å². The van der Waals surface area contributed by atoms with E-state index in [1.54, 1.807) is 11.3 Å². The molecule has 4 heteroatoms. The average molecular weight is 308 g/mol. The Balaban J connectivity index is 1.95. The maximum Gasteiger partial charge on any atom is 0.134 e. The molecule has 1 aromatic carbocycles. The number of aromatic nitrogens is 1. The summed E-state index contributed by atoms with van der Waals surface area (Å²) in [6.45, 7) is 2.05. The second kappa shape index (κ2) is 6.04. The highest BCUT2D eigenvalue weighted by atomic mass is 32.1. The zero-order valence-electron chi connectivity index (χ0n) is 11.4. The van der Waals surface area contributed by atoms with Crippen molar-refractivity contribution < 1.29 is 0 Å². The van der Waals surface area contributed by atoms with Gasteiger partial charge in [0, 0.05) is 15.8 Å². The minimum Gasteiger partial charge on any atom is -0.235 e. The van der Waals surface area contributed by atoms with E-state index < -0.39 is 0 Å². The highest BCUT2D eigenvalue weighted by molar-refractivity contribution is 7.12. The number of thiazole rings is 1. The predicted molar refractivity (Wildman–Crippen MR) is 90.1 cm³/mol. The molecule has 3 aromatic rings. The summed E-state index contributed by atoms with van der Waals surface area (Å²) < 4.78 is 0. The molecule has 0 unspecified atom stereocenters. The Morgan fingerprint density at radius 3 is 2.67 bits per heavy atom. The van der Waals surface area contributed by atoms with E-state index in [2.05, 4.69) is 29.4 Å². The molecule has 0 saturated carbocycles. The van der Waals surface area contributed by atoms with Gasteiger partial charge in [0.05, 0.1) is 11.3 Å². The molecular weight excluding hydrogens is 296 g/mol. The predicted octanol–water partition coefficient (Wildman–Crippen LogP) is 5.24. The third-order valence-electron chi connectivity index (χ3n) is 2.96. The van der Waals surface area contributed by atoms with Crippen LogP contribution in [-0.4, -0.2) is 4.98 Å². The summed E-state index contributed by atoms with van der Waals surface area (Å²) in [7, 11) is 0. The van der Waals surface area contributed by atoms with E-state index in [4.69, 9.17) is 0 Å². The molecule has 3 rings (SSSR count). The fraction of sp³-hybridized carbons (Fsp3) is 0.0588. The first-order valence-corrected chi connectivity index (χ1v) is 8.20. The van der Waals surface area contributed by atoms with Crippen LogP contribution in [0.1, 0.15) is 15.4 Å². The highest BCUT2D eigenvalue weighted by Gasteiger charge is 2.09. The lowest BCUT2D eigenvalue weighted by atomic mass is 10.2. The van der Waals surface area contributed by atoms with Crippen LogP contribution in [0.5, 0.6) is 0 Å². The van der Waals surface area contributed by atoms with Gasteiger partial charge in [0.25, 0.3) is 0 Å². The Bertz CT molecular complexity index is 820. The number of nitriles is 1. The summed E-state index contributed by atoms with van der Waals surface area (Å²) >= 11 is 3.15. The number of allylic oxidation sites excluding steroid dienone is 1. The quantitative estimate of drug-likeness (QED) is 0.620. The van der Waals surface area contributed by atoms with Crippen LogP contribution >= 0.6 is 22.7 Å². The SMILES string of the molecule is Cc1csc(C=C(C#N)c2nc(-c3ccccc3)cs2)c1. The molecule has 0 aliphatic rings. The molecule has 0 spiro atoms. The summed E-state index contributed by atoms with van der Waals surface area (Å²) in [5, 5.41) is 14.2. The molecule has 0 bridgehead atoms. The van der Waals surface area contributed by atoms with E-state index in [1.807, 2.05) is 41.8 Å². The molecule has 0 N–H and O–H groups in total. The minimum atomic E-state index is 0.615.